The van der Waals surface area contributed by atoms with Crippen molar-refractivity contribution in [2.24, 2.45) is 5.92 Å². The molecule has 162 valence electrons. The third-order valence-electron chi connectivity index (χ3n) is 6.28. The Morgan fingerprint density at radius 1 is 1.13 bits per heavy atom. The number of carbonyl (C=O) groups is 1. The molecule has 6 nitrogen and oxygen atoms in total. The van der Waals surface area contributed by atoms with Crippen molar-refractivity contribution in [3.8, 4) is 17.2 Å². The van der Waals surface area contributed by atoms with E-state index in [1.807, 2.05) is 60.1 Å². The van der Waals surface area contributed by atoms with Crippen molar-refractivity contribution >= 4 is 5.78 Å². The Morgan fingerprint density at radius 2 is 1.81 bits per heavy atom. The minimum atomic E-state index is -1.22. The van der Waals surface area contributed by atoms with E-state index < -0.39 is 11.5 Å². The first-order chi connectivity index (χ1) is 14.8. The minimum Gasteiger partial charge on any atom is -0.493 e. The molecule has 0 fully saturated rings. The van der Waals surface area contributed by atoms with Crippen molar-refractivity contribution < 1.29 is 19.4 Å². The maximum Gasteiger partial charge on any atom is 0.161 e. The highest BCUT2D eigenvalue weighted by Gasteiger charge is 2.49. The van der Waals surface area contributed by atoms with E-state index in [0.29, 0.717) is 17.9 Å². The second kappa shape index (κ2) is 7.85. The average molecular weight is 421 g/mol. The van der Waals surface area contributed by atoms with Crippen LogP contribution in [0.15, 0.2) is 48.5 Å². The van der Waals surface area contributed by atoms with Gasteiger partial charge in [-0.25, -0.2) is 4.68 Å². The van der Waals surface area contributed by atoms with Crippen molar-refractivity contribution in [2.75, 3.05) is 14.2 Å². The number of benzene rings is 2. The average Bonchev–Trinajstić information content (AvgIpc) is 3.07. The van der Waals surface area contributed by atoms with Gasteiger partial charge in [0.2, 0.25) is 0 Å². The first-order valence-corrected chi connectivity index (χ1v) is 10.4. The largest absolute Gasteiger partial charge is 0.493 e. The van der Waals surface area contributed by atoms with Crippen LogP contribution >= 0.6 is 0 Å². The van der Waals surface area contributed by atoms with Gasteiger partial charge in [0.15, 0.2) is 11.5 Å². The molecule has 0 unspecified atom stereocenters. The summed E-state index contributed by atoms with van der Waals surface area (Å²) in [5.74, 6) is 0.188. The second-order valence-corrected chi connectivity index (χ2v) is 8.41. The lowest BCUT2D eigenvalue weighted by Crippen LogP contribution is -2.48. The van der Waals surface area contributed by atoms with Gasteiger partial charge in [0, 0.05) is 23.6 Å². The minimum absolute atomic E-state index is 0.0534. The van der Waals surface area contributed by atoms with Gasteiger partial charge in [-0.2, -0.15) is 5.10 Å². The van der Waals surface area contributed by atoms with Gasteiger partial charge in [0.25, 0.3) is 0 Å². The summed E-state index contributed by atoms with van der Waals surface area (Å²) in [6.07, 6.45) is 0.317. The Morgan fingerprint density at radius 3 is 2.42 bits per heavy atom. The Hall–Kier alpha value is -3.12. The summed E-state index contributed by atoms with van der Waals surface area (Å²) in [6, 6.07) is 15.6. The van der Waals surface area contributed by atoms with E-state index in [2.05, 4.69) is 0 Å². The molecule has 1 N–H and O–H groups in total. The van der Waals surface area contributed by atoms with E-state index >= 15 is 0 Å². The summed E-state index contributed by atoms with van der Waals surface area (Å²) in [6.45, 7) is 5.30. The maximum atomic E-state index is 12.8. The first-order valence-electron chi connectivity index (χ1n) is 10.4. The van der Waals surface area contributed by atoms with Crippen LogP contribution in [0.3, 0.4) is 0 Å². The zero-order valence-corrected chi connectivity index (χ0v) is 18.5. The van der Waals surface area contributed by atoms with E-state index in [1.165, 1.54) is 0 Å². The number of aromatic nitrogens is 2. The SMILES string of the molecule is COc1ccc([C@@H]2c3c(nn(-c4ccccc4)c3C)C[C@](C)(O)[C@H]2C(C)=O)cc1OC. The lowest BCUT2D eigenvalue weighted by molar-refractivity contribution is -0.130. The quantitative estimate of drug-likeness (QED) is 0.679. The fourth-order valence-electron chi connectivity index (χ4n) is 4.98. The summed E-state index contributed by atoms with van der Waals surface area (Å²) in [5, 5.41) is 16.2. The van der Waals surface area contributed by atoms with Crippen molar-refractivity contribution in [3.05, 3.63) is 71.0 Å². The molecule has 0 bridgehead atoms. The van der Waals surface area contributed by atoms with Gasteiger partial charge >= 0.3 is 0 Å². The highest BCUT2D eigenvalue weighted by Crippen LogP contribution is 2.48. The Labute approximate surface area is 182 Å². The number of fused-ring (bicyclic) bond motifs is 1. The van der Waals surface area contributed by atoms with Gasteiger partial charge in [-0.1, -0.05) is 24.3 Å². The monoisotopic (exact) mass is 420 g/mol. The molecule has 1 aliphatic carbocycles. The number of ketones is 1. The number of nitrogens with zero attached hydrogens (tertiary/aromatic N) is 2. The molecular formula is C25H28N2O4. The molecular weight excluding hydrogens is 392 g/mol. The summed E-state index contributed by atoms with van der Waals surface area (Å²) in [7, 11) is 3.18. The van der Waals surface area contributed by atoms with Gasteiger partial charge < -0.3 is 14.6 Å². The number of carbonyl (C=O) groups excluding carboxylic acids is 1. The van der Waals surface area contributed by atoms with E-state index in [0.717, 1.165) is 28.2 Å². The van der Waals surface area contributed by atoms with Crippen molar-refractivity contribution in [1.29, 1.82) is 0 Å². The third kappa shape index (κ3) is 3.51. The predicted molar refractivity (Wildman–Crippen MR) is 118 cm³/mol. The molecule has 0 saturated heterocycles. The molecule has 0 aliphatic heterocycles. The van der Waals surface area contributed by atoms with Crippen molar-refractivity contribution in [1.82, 2.24) is 9.78 Å². The van der Waals surface area contributed by atoms with Gasteiger partial charge in [-0.05, 0) is 50.6 Å². The van der Waals surface area contributed by atoms with Crippen LogP contribution in [0.25, 0.3) is 5.69 Å². The normalized spacial score (nSPS) is 22.6. The summed E-state index contributed by atoms with van der Waals surface area (Å²) >= 11 is 0. The molecule has 31 heavy (non-hydrogen) atoms. The Balaban J connectivity index is 1.96. The van der Waals surface area contributed by atoms with Crippen LogP contribution in [-0.2, 0) is 11.2 Å². The van der Waals surface area contributed by atoms with Crippen LogP contribution < -0.4 is 9.47 Å². The van der Waals surface area contributed by atoms with Gasteiger partial charge in [-0.3, -0.25) is 4.79 Å². The van der Waals surface area contributed by atoms with Gasteiger partial charge in [0.05, 0.1) is 37.1 Å². The van der Waals surface area contributed by atoms with Crippen LogP contribution in [0.1, 0.15) is 42.3 Å². The number of methoxy groups -OCH3 is 2. The molecule has 1 aromatic heterocycles. The lowest BCUT2D eigenvalue weighted by Gasteiger charge is -2.41. The highest BCUT2D eigenvalue weighted by molar-refractivity contribution is 5.82. The Kier molecular flexibility index (Phi) is 5.35. The lowest BCUT2D eigenvalue weighted by atomic mass is 9.64. The van der Waals surface area contributed by atoms with Gasteiger partial charge in [0.1, 0.15) is 5.78 Å². The molecule has 1 heterocycles. The molecule has 1 aliphatic rings. The second-order valence-electron chi connectivity index (χ2n) is 8.41. The summed E-state index contributed by atoms with van der Waals surface area (Å²) in [4.78, 5) is 12.8. The van der Waals surface area contributed by atoms with Gasteiger partial charge in [-0.15, -0.1) is 0 Å². The zero-order valence-electron chi connectivity index (χ0n) is 18.5. The summed E-state index contributed by atoms with van der Waals surface area (Å²) < 4.78 is 12.8. The van der Waals surface area contributed by atoms with Crippen molar-refractivity contribution in [3.63, 3.8) is 0 Å². The van der Waals surface area contributed by atoms with Crippen LogP contribution in [-0.4, -0.2) is 40.5 Å². The van der Waals surface area contributed by atoms with Crippen LogP contribution in [0, 0.1) is 12.8 Å². The van der Waals surface area contributed by atoms with E-state index in [1.54, 1.807) is 28.1 Å². The van der Waals surface area contributed by atoms with Crippen molar-refractivity contribution in [2.45, 2.75) is 38.7 Å². The number of aliphatic hydroxyl groups is 1. The topological polar surface area (TPSA) is 73.6 Å². The molecule has 0 amide bonds. The van der Waals surface area contributed by atoms with Crippen LogP contribution in [0.2, 0.25) is 0 Å². The maximum absolute atomic E-state index is 12.8. The fraction of sp³-hybridized carbons (Fsp3) is 0.360. The number of hydrogen-bond donors (Lipinski definition) is 1. The molecule has 0 spiro atoms. The predicted octanol–water partition coefficient (Wildman–Crippen LogP) is 3.84. The number of Topliss-reactive ketones (excluding diaryl/α,β-unsaturated/α-hetero) is 1. The molecule has 0 radical (unpaired) electrons. The molecule has 3 aromatic rings. The number of para-hydroxylation sites is 1. The highest BCUT2D eigenvalue weighted by atomic mass is 16.5. The van der Waals surface area contributed by atoms with Crippen LogP contribution in [0.4, 0.5) is 0 Å². The fourth-order valence-corrected chi connectivity index (χ4v) is 4.98. The molecule has 4 rings (SSSR count). The first kappa shape index (κ1) is 21.1. The Bertz CT molecular complexity index is 1120. The van der Waals surface area contributed by atoms with E-state index in [4.69, 9.17) is 14.6 Å². The number of ether oxygens (including phenoxy) is 2. The van der Waals surface area contributed by atoms with Crippen LogP contribution in [0.5, 0.6) is 11.5 Å². The number of hydrogen-bond acceptors (Lipinski definition) is 5. The molecule has 2 aromatic carbocycles. The standard InChI is InChI=1S/C25H28N2O4/c1-15-22-19(26-27(15)18-9-7-6-8-10-18)14-25(3,29)24(16(2)28)23(22)17-11-12-20(30-4)21(13-17)31-5/h6-13,23-24,29H,14H2,1-5H3/t23-,24+,25+/m1/s1. The van der Waals surface area contributed by atoms with E-state index in [9.17, 15) is 9.90 Å². The summed E-state index contributed by atoms with van der Waals surface area (Å²) in [5.41, 5.74) is 3.36. The number of rotatable bonds is 5. The molecule has 6 heteroatoms. The molecule has 0 saturated carbocycles. The van der Waals surface area contributed by atoms with E-state index in [-0.39, 0.29) is 11.7 Å². The molecule has 3 atom stereocenters. The third-order valence-corrected chi connectivity index (χ3v) is 6.28. The zero-order chi connectivity index (χ0) is 22.3. The smallest absolute Gasteiger partial charge is 0.161 e.